The van der Waals surface area contributed by atoms with Crippen LogP contribution in [0.5, 0.6) is 0 Å². The lowest BCUT2D eigenvalue weighted by atomic mass is 9.99. The van der Waals surface area contributed by atoms with Crippen LogP contribution < -0.4 is 5.32 Å². The van der Waals surface area contributed by atoms with E-state index in [1.165, 1.54) is 0 Å². The first-order valence-electron chi connectivity index (χ1n) is 4.22. The van der Waals surface area contributed by atoms with Crippen molar-refractivity contribution in [2.75, 3.05) is 33.7 Å². The normalized spacial score (nSPS) is 33.0. The third-order valence-electron chi connectivity index (χ3n) is 2.36. The minimum Gasteiger partial charge on any atom is -0.388 e. The molecular weight excluding hydrogens is 140 g/mol. The molecule has 0 aromatic carbocycles. The van der Waals surface area contributed by atoms with Crippen molar-refractivity contribution in [2.24, 2.45) is 0 Å². The Bertz CT molecular complexity index is 129. The van der Waals surface area contributed by atoms with Crippen LogP contribution in [-0.4, -0.2) is 49.3 Å². The second kappa shape index (κ2) is 3.52. The van der Waals surface area contributed by atoms with Gasteiger partial charge in [-0.2, -0.15) is 0 Å². The average molecular weight is 158 g/mol. The van der Waals surface area contributed by atoms with E-state index < -0.39 is 5.60 Å². The summed E-state index contributed by atoms with van der Waals surface area (Å²) in [7, 11) is 3.97. The van der Waals surface area contributed by atoms with E-state index in [4.69, 9.17) is 0 Å². The molecule has 1 fully saturated rings. The van der Waals surface area contributed by atoms with Gasteiger partial charge in [-0.1, -0.05) is 0 Å². The fourth-order valence-corrected chi connectivity index (χ4v) is 1.62. The quantitative estimate of drug-likeness (QED) is 0.590. The van der Waals surface area contributed by atoms with E-state index >= 15 is 0 Å². The van der Waals surface area contributed by atoms with E-state index in [1.54, 1.807) is 0 Å². The van der Waals surface area contributed by atoms with Crippen LogP contribution in [0, 0.1) is 0 Å². The van der Waals surface area contributed by atoms with Crippen molar-refractivity contribution in [1.82, 2.24) is 10.2 Å². The maximum atomic E-state index is 9.91. The first kappa shape index (κ1) is 8.97. The van der Waals surface area contributed by atoms with Crippen molar-refractivity contribution in [3.05, 3.63) is 0 Å². The van der Waals surface area contributed by atoms with Crippen molar-refractivity contribution in [3.8, 4) is 0 Å². The SMILES string of the molecule is CNCCC1(O)CCN(C)C1. The monoisotopic (exact) mass is 158 g/mol. The Morgan fingerprint density at radius 2 is 2.36 bits per heavy atom. The van der Waals surface area contributed by atoms with Gasteiger partial charge in [0.05, 0.1) is 5.60 Å². The number of rotatable bonds is 3. The molecule has 0 radical (unpaired) electrons. The van der Waals surface area contributed by atoms with E-state index in [0.29, 0.717) is 0 Å². The molecule has 2 N–H and O–H groups in total. The molecule has 0 aliphatic carbocycles. The van der Waals surface area contributed by atoms with Crippen molar-refractivity contribution in [3.63, 3.8) is 0 Å². The maximum Gasteiger partial charge on any atom is 0.0798 e. The van der Waals surface area contributed by atoms with Crippen LogP contribution in [0.3, 0.4) is 0 Å². The van der Waals surface area contributed by atoms with Crippen LogP contribution in [0.25, 0.3) is 0 Å². The molecule has 1 unspecified atom stereocenters. The minimum atomic E-state index is -0.419. The topological polar surface area (TPSA) is 35.5 Å². The second-order valence-corrected chi connectivity index (χ2v) is 3.57. The molecule has 0 spiro atoms. The predicted molar refractivity (Wildman–Crippen MR) is 45.6 cm³/mol. The number of nitrogens with zero attached hydrogens (tertiary/aromatic N) is 1. The molecule has 0 aromatic heterocycles. The van der Waals surface area contributed by atoms with Gasteiger partial charge in [-0.05, 0) is 33.5 Å². The number of aliphatic hydroxyl groups is 1. The largest absolute Gasteiger partial charge is 0.388 e. The zero-order chi connectivity index (χ0) is 8.32. The number of hydrogen-bond acceptors (Lipinski definition) is 3. The lowest BCUT2D eigenvalue weighted by Gasteiger charge is -2.21. The Kier molecular flexibility index (Phi) is 2.87. The van der Waals surface area contributed by atoms with Gasteiger partial charge < -0.3 is 15.3 Å². The van der Waals surface area contributed by atoms with Gasteiger partial charge in [0.2, 0.25) is 0 Å². The van der Waals surface area contributed by atoms with Gasteiger partial charge in [-0.3, -0.25) is 0 Å². The molecule has 1 atom stereocenters. The molecule has 1 rings (SSSR count). The number of likely N-dealkylation sites (N-methyl/N-ethyl adjacent to an activating group) is 1. The highest BCUT2D eigenvalue weighted by Crippen LogP contribution is 2.22. The summed E-state index contributed by atoms with van der Waals surface area (Å²) in [5.74, 6) is 0. The van der Waals surface area contributed by atoms with Crippen molar-refractivity contribution >= 4 is 0 Å². The van der Waals surface area contributed by atoms with E-state index in [0.717, 1.165) is 32.5 Å². The lowest BCUT2D eigenvalue weighted by Crippen LogP contribution is -2.34. The highest BCUT2D eigenvalue weighted by molar-refractivity contribution is 4.88. The number of hydrogen-bond donors (Lipinski definition) is 2. The molecule has 0 bridgehead atoms. The summed E-state index contributed by atoms with van der Waals surface area (Å²) in [6.45, 7) is 2.76. The summed E-state index contributed by atoms with van der Waals surface area (Å²) >= 11 is 0. The average Bonchev–Trinajstić information content (AvgIpc) is 2.28. The van der Waals surface area contributed by atoms with Crippen molar-refractivity contribution in [2.45, 2.75) is 18.4 Å². The Labute approximate surface area is 68.4 Å². The Morgan fingerprint density at radius 1 is 1.64 bits per heavy atom. The maximum absolute atomic E-state index is 9.91. The molecule has 0 amide bonds. The van der Waals surface area contributed by atoms with E-state index in [1.807, 2.05) is 7.05 Å². The highest BCUT2D eigenvalue weighted by Gasteiger charge is 2.33. The third kappa shape index (κ3) is 2.43. The van der Waals surface area contributed by atoms with Crippen LogP contribution in [0.4, 0.5) is 0 Å². The summed E-state index contributed by atoms with van der Waals surface area (Å²) in [6.07, 6.45) is 1.79. The summed E-state index contributed by atoms with van der Waals surface area (Å²) in [4.78, 5) is 2.18. The second-order valence-electron chi connectivity index (χ2n) is 3.57. The van der Waals surface area contributed by atoms with Gasteiger partial charge in [-0.25, -0.2) is 0 Å². The molecular formula is C8H18N2O. The van der Waals surface area contributed by atoms with Crippen LogP contribution in [0.15, 0.2) is 0 Å². The van der Waals surface area contributed by atoms with Gasteiger partial charge in [-0.15, -0.1) is 0 Å². The molecule has 3 nitrogen and oxygen atoms in total. The summed E-state index contributed by atoms with van der Waals surface area (Å²) in [6, 6.07) is 0. The van der Waals surface area contributed by atoms with Crippen LogP contribution in [0.1, 0.15) is 12.8 Å². The minimum absolute atomic E-state index is 0.419. The molecule has 1 aliphatic heterocycles. The fraction of sp³-hybridized carbons (Fsp3) is 1.00. The Hall–Kier alpha value is -0.120. The molecule has 1 heterocycles. The summed E-state index contributed by atoms with van der Waals surface area (Å²) < 4.78 is 0. The number of nitrogens with one attached hydrogen (secondary N) is 1. The molecule has 11 heavy (non-hydrogen) atoms. The zero-order valence-corrected chi connectivity index (χ0v) is 7.43. The van der Waals surface area contributed by atoms with Crippen molar-refractivity contribution < 1.29 is 5.11 Å². The first-order valence-corrected chi connectivity index (χ1v) is 4.22. The van der Waals surface area contributed by atoms with Gasteiger partial charge in [0.15, 0.2) is 0 Å². The molecule has 3 heteroatoms. The predicted octanol–water partition coefficient (Wildman–Crippen LogP) is -0.337. The Morgan fingerprint density at radius 3 is 2.82 bits per heavy atom. The lowest BCUT2D eigenvalue weighted by molar-refractivity contribution is 0.0439. The zero-order valence-electron chi connectivity index (χ0n) is 7.43. The number of likely N-dealkylation sites (tertiary alicyclic amines) is 1. The van der Waals surface area contributed by atoms with Crippen molar-refractivity contribution in [1.29, 1.82) is 0 Å². The van der Waals surface area contributed by atoms with E-state index in [2.05, 4.69) is 17.3 Å². The number of β-amino-alcohol motifs (C(OH)–C–C–N with tert-alkyl or cyclic N) is 1. The molecule has 66 valence electrons. The van der Waals surface area contributed by atoms with Gasteiger partial charge in [0, 0.05) is 13.1 Å². The van der Waals surface area contributed by atoms with Gasteiger partial charge in [0.25, 0.3) is 0 Å². The Balaban J connectivity index is 2.29. The summed E-state index contributed by atoms with van der Waals surface area (Å²) in [5.41, 5.74) is -0.419. The first-order chi connectivity index (χ1) is 5.16. The standard InChI is InChI=1S/C8H18N2O/c1-9-5-3-8(11)4-6-10(2)7-8/h9,11H,3-7H2,1-2H3. The van der Waals surface area contributed by atoms with Gasteiger partial charge in [0.1, 0.15) is 0 Å². The molecule has 0 aromatic rings. The molecule has 1 aliphatic rings. The van der Waals surface area contributed by atoms with E-state index in [-0.39, 0.29) is 0 Å². The molecule has 1 saturated heterocycles. The van der Waals surface area contributed by atoms with Gasteiger partial charge >= 0.3 is 0 Å². The summed E-state index contributed by atoms with van der Waals surface area (Å²) in [5, 5.41) is 13.0. The fourth-order valence-electron chi connectivity index (χ4n) is 1.62. The smallest absolute Gasteiger partial charge is 0.0798 e. The molecule has 0 saturated carbocycles. The van der Waals surface area contributed by atoms with E-state index in [9.17, 15) is 5.11 Å². The van der Waals surface area contributed by atoms with Crippen LogP contribution in [0.2, 0.25) is 0 Å². The van der Waals surface area contributed by atoms with Crippen LogP contribution in [-0.2, 0) is 0 Å². The third-order valence-corrected chi connectivity index (χ3v) is 2.36. The van der Waals surface area contributed by atoms with Crippen LogP contribution >= 0.6 is 0 Å². The highest BCUT2D eigenvalue weighted by atomic mass is 16.3.